The molecule has 2 unspecified atom stereocenters. The maximum absolute atomic E-state index is 13.2. The Morgan fingerprint density at radius 3 is 2.41 bits per heavy atom. The lowest BCUT2D eigenvalue weighted by molar-refractivity contribution is -0.143. The monoisotopic (exact) mass is 405 g/mol. The van der Waals surface area contributed by atoms with E-state index in [4.69, 9.17) is 16.3 Å². The second-order valence-electron chi connectivity index (χ2n) is 7.62. The molecule has 0 aliphatic carbocycles. The van der Waals surface area contributed by atoms with Gasteiger partial charge in [0.2, 0.25) is 0 Å². The molecule has 3 nitrogen and oxygen atoms in total. The van der Waals surface area contributed by atoms with Gasteiger partial charge in [0.05, 0.1) is 5.92 Å². The lowest BCUT2D eigenvalue weighted by atomic mass is 9.76. The van der Waals surface area contributed by atoms with Gasteiger partial charge in [-0.3, -0.25) is 9.69 Å². The minimum absolute atomic E-state index is 0. The fourth-order valence-corrected chi connectivity index (χ4v) is 4.76. The zero-order valence-corrected chi connectivity index (χ0v) is 17.2. The van der Waals surface area contributed by atoms with Crippen molar-refractivity contribution in [2.75, 3.05) is 7.05 Å². The number of aryl methyl sites for hydroxylation is 1. The van der Waals surface area contributed by atoms with Crippen molar-refractivity contribution in [3.63, 3.8) is 0 Å². The molecule has 0 radical (unpaired) electrons. The van der Waals surface area contributed by atoms with Gasteiger partial charge in [-0.25, -0.2) is 0 Å². The van der Waals surface area contributed by atoms with Crippen molar-refractivity contribution in [2.45, 2.75) is 44.2 Å². The van der Waals surface area contributed by atoms with Crippen molar-refractivity contribution in [3.8, 4) is 5.75 Å². The van der Waals surface area contributed by atoms with Gasteiger partial charge in [0.15, 0.2) is 0 Å². The van der Waals surface area contributed by atoms with E-state index in [1.54, 1.807) is 0 Å². The highest BCUT2D eigenvalue weighted by Crippen LogP contribution is 2.46. The maximum atomic E-state index is 13.2. The van der Waals surface area contributed by atoms with Crippen LogP contribution in [0.2, 0.25) is 5.02 Å². The minimum Gasteiger partial charge on any atom is -0.426 e. The Bertz CT molecular complexity index is 791. The molecule has 2 aromatic carbocycles. The number of fused-ring (bicyclic) bond motifs is 2. The minimum atomic E-state index is -0.152. The van der Waals surface area contributed by atoms with E-state index in [1.807, 2.05) is 43.3 Å². The molecule has 2 aliphatic heterocycles. The lowest BCUT2D eigenvalue weighted by Gasteiger charge is -2.41. The number of benzene rings is 2. The van der Waals surface area contributed by atoms with Crippen molar-refractivity contribution < 1.29 is 9.53 Å². The first kappa shape index (κ1) is 20.2. The van der Waals surface area contributed by atoms with Gasteiger partial charge in [0.1, 0.15) is 5.75 Å². The van der Waals surface area contributed by atoms with E-state index in [0.717, 1.165) is 29.8 Å². The largest absolute Gasteiger partial charge is 0.426 e. The van der Waals surface area contributed by atoms with Crippen LogP contribution in [0.1, 0.15) is 36.3 Å². The number of esters is 1. The molecule has 2 saturated heterocycles. The van der Waals surface area contributed by atoms with E-state index in [-0.39, 0.29) is 36.3 Å². The summed E-state index contributed by atoms with van der Waals surface area (Å²) in [5, 5.41) is 0.725. The molecular weight excluding hydrogens is 381 g/mol. The fourth-order valence-electron chi connectivity index (χ4n) is 4.63. The number of ether oxygens (including phenoxy) is 1. The third-order valence-corrected chi connectivity index (χ3v) is 6.33. The predicted molar refractivity (Wildman–Crippen MR) is 111 cm³/mol. The number of hydrogen-bond donors (Lipinski definition) is 0. The number of carbonyl (C=O) groups excluding carboxylic acids is 1. The quantitative estimate of drug-likeness (QED) is 0.516. The summed E-state index contributed by atoms with van der Waals surface area (Å²) in [5.41, 5.74) is 2.34. The van der Waals surface area contributed by atoms with Crippen LogP contribution in [0.5, 0.6) is 5.75 Å². The fraction of sp³-hybridized carbons (Fsp3) is 0.409. The Morgan fingerprint density at radius 1 is 1.07 bits per heavy atom. The molecule has 0 spiro atoms. The van der Waals surface area contributed by atoms with Gasteiger partial charge in [-0.15, -0.1) is 12.4 Å². The molecule has 2 bridgehead atoms. The zero-order valence-electron chi connectivity index (χ0n) is 15.6. The average molecular weight is 406 g/mol. The number of piperidine rings is 1. The van der Waals surface area contributed by atoms with Crippen LogP contribution in [0, 0.1) is 12.8 Å². The molecule has 0 amide bonds. The number of nitrogens with zero attached hydrogens (tertiary/aromatic N) is 1. The van der Waals surface area contributed by atoms with Crippen LogP contribution in [-0.4, -0.2) is 30.0 Å². The van der Waals surface area contributed by atoms with Crippen molar-refractivity contribution in [1.29, 1.82) is 0 Å². The summed E-state index contributed by atoms with van der Waals surface area (Å²) >= 11 is 6.06. The van der Waals surface area contributed by atoms with E-state index < -0.39 is 0 Å². The standard InChI is InChI=1S/C22H24ClNO2.ClH/c1-14-3-10-18(11-4-14)26-22(25)21-19(15-5-7-16(23)8-6-15)13-17-9-12-20(21)24(17)2;/h3-8,10-11,17,19-21H,9,12-13H2,1-2H3;1H/t17-,19-,20?,21?;/m1./s1. The summed E-state index contributed by atoms with van der Waals surface area (Å²) in [6, 6.07) is 16.4. The van der Waals surface area contributed by atoms with Crippen LogP contribution in [0.4, 0.5) is 0 Å². The summed E-state index contributed by atoms with van der Waals surface area (Å²) in [4.78, 5) is 15.5. The Labute approximate surface area is 172 Å². The average Bonchev–Trinajstić information content (AvgIpc) is 2.87. The van der Waals surface area contributed by atoms with Crippen LogP contribution in [0.15, 0.2) is 48.5 Å². The van der Waals surface area contributed by atoms with Gasteiger partial charge < -0.3 is 4.74 Å². The number of hydrogen-bond acceptors (Lipinski definition) is 3. The molecule has 4 rings (SSSR count). The molecule has 4 atom stereocenters. The summed E-state index contributed by atoms with van der Waals surface area (Å²) in [6.45, 7) is 2.02. The summed E-state index contributed by atoms with van der Waals surface area (Å²) in [7, 11) is 2.15. The molecule has 2 aliphatic rings. The molecule has 0 N–H and O–H groups in total. The van der Waals surface area contributed by atoms with Gasteiger partial charge >= 0.3 is 5.97 Å². The van der Waals surface area contributed by atoms with Crippen molar-refractivity contribution in [3.05, 3.63) is 64.7 Å². The van der Waals surface area contributed by atoms with E-state index in [9.17, 15) is 4.79 Å². The zero-order chi connectivity index (χ0) is 18.3. The molecule has 144 valence electrons. The molecular formula is C22H25Cl2NO2. The van der Waals surface area contributed by atoms with Crippen LogP contribution < -0.4 is 4.74 Å². The number of halogens is 2. The maximum Gasteiger partial charge on any atom is 0.316 e. The summed E-state index contributed by atoms with van der Waals surface area (Å²) in [6.07, 6.45) is 3.20. The molecule has 2 heterocycles. The van der Waals surface area contributed by atoms with Crippen LogP contribution in [0.25, 0.3) is 0 Å². The number of rotatable bonds is 3. The van der Waals surface area contributed by atoms with E-state index in [0.29, 0.717) is 11.8 Å². The third kappa shape index (κ3) is 4.01. The lowest BCUT2D eigenvalue weighted by Crippen LogP contribution is -2.49. The van der Waals surface area contributed by atoms with Crippen LogP contribution in [0.3, 0.4) is 0 Å². The van der Waals surface area contributed by atoms with Gasteiger partial charge in [0, 0.05) is 23.0 Å². The number of carbonyl (C=O) groups is 1. The predicted octanol–water partition coefficient (Wildman–Crippen LogP) is 5.24. The highest BCUT2D eigenvalue weighted by molar-refractivity contribution is 6.30. The molecule has 27 heavy (non-hydrogen) atoms. The Kier molecular flexibility index (Phi) is 6.15. The van der Waals surface area contributed by atoms with Gasteiger partial charge in [-0.1, -0.05) is 41.4 Å². The van der Waals surface area contributed by atoms with E-state index in [2.05, 4.69) is 24.1 Å². The van der Waals surface area contributed by atoms with E-state index in [1.165, 1.54) is 5.56 Å². The third-order valence-electron chi connectivity index (χ3n) is 6.08. The Hall–Kier alpha value is -1.55. The first-order valence-electron chi connectivity index (χ1n) is 9.28. The Morgan fingerprint density at radius 2 is 1.74 bits per heavy atom. The summed E-state index contributed by atoms with van der Waals surface area (Å²) < 4.78 is 5.79. The second-order valence-corrected chi connectivity index (χ2v) is 8.05. The molecule has 2 fully saturated rings. The van der Waals surface area contributed by atoms with Gasteiger partial charge in [-0.2, -0.15) is 0 Å². The topological polar surface area (TPSA) is 29.5 Å². The van der Waals surface area contributed by atoms with Crippen molar-refractivity contribution in [1.82, 2.24) is 4.90 Å². The van der Waals surface area contributed by atoms with Crippen LogP contribution >= 0.6 is 24.0 Å². The van der Waals surface area contributed by atoms with E-state index >= 15 is 0 Å². The molecule has 0 aromatic heterocycles. The van der Waals surface area contributed by atoms with Crippen LogP contribution in [-0.2, 0) is 4.79 Å². The smallest absolute Gasteiger partial charge is 0.316 e. The van der Waals surface area contributed by atoms with Gasteiger partial charge in [-0.05, 0) is 63.1 Å². The highest BCUT2D eigenvalue weighted by Gasteiger charge is 2.49. The van der Waals surface area contributed by atoms with Crippen molar-refractivity contribution in [2.24, 2.45) is 5.92 Å². The normalized spacial score (nSPS) is 27.1. The molecule has 5 heteroatoms. The van der Waals surface area contributed by atoms with Gasteiger partial charge in [0.25, 0.3) is 0 Å². The molecule has 0 saturated carbocycles. The summed E-state index contributed by atoms with van der Waals surface area (Å²) in [5.74, 6) is 0.532. The molecule has 2 aromatic rings. The first-order valence-corrected chi connectivity index (χ1v) is 9.66. The first-order chi connectivity index (χ1) is 12.5. The Balaban J connectivity index is 0.00000210. The highest BCUT2D eigenvalue weighted by atomic mass is 35.5. The van der Waals surface area contributed by atoms with Crippen molar-refractivity contribution >= 4 is 30.0 Å². The SMILES string of the molecule is Cc1ccc(OC(=O)C2C3CC[C@H](C[C@@H]2c2ccc(Cl)cc2)N3C)cc1.Cl. The second kappa shape index (κ2) is 8.22.